The van der Waals surface area contributed by atoms with Gasteiger partial charge in [-0.3, -0.25) is 4.90 Å². The topological polar surface area (TPSA) is 131 Å². The van der Waals surface area contributed by atoms with Crippen molar-refractivity contribution in [3.63, 3.8) is 0 Å². The van der Waals surface area contributed by atoms with E-state index in [1.54, 1.807) is 19.2 Å². The fourth-order valence-electron chi connectivity index (χ4n) is 6.47. The molecule has 40 heavy (non-hydrogen) atoms. The van der Waals surface area contributed by atoms with Crippen LogP contribution in [0.1, 0.15) is 41.0 Å². The number of benzene rings is 3. The van der Waals surface area contributed by atoms with Crippen LogP contribution in [-0.4, -0.2) is 56.5 Å². The summed E-state index contributed by atoms with van der Waals surface area (Å²) < 4.78 is 34.5. The molecule has 3 aliphatic heterocycles. The molecule has 2 unspecified atom stereocenters. The van der Waals surface area contributed by atoms with E-state index in [-0.39, 0.29) is 29.7 Å². The molecule has 0 aliphatic carbocycles. The quantitative estimate of drug-likeness (QED) is 0.316. The Bertz CT molecular complexity index is 1380. The van der Waals surface area contributed by atoms with Gasteiger partial charge >= 0.3 is 6.16 Å². The molecule has 0 amide bonds. The lowest BCUT2D eigenvalue weighted by atomic mass is 9.70. The Morgan fingerprint density at radius 1 is 1.07 bits per heavy atom. The summed E-state index contributed by atoms with van der Waals surface area (Å²) in [6.45, 7) is 1.17. The number of rotatable bonds is 10. The average Bonchev–Trinajstić information content (AvgIpc) is 2.93. The second kappa shape index (κ2) is 12.0. The molecular formula is C30H35N3O6S. The lowest BCUT2D eigenvalue weighted by Crippen LogP contribution is -2.68. The van der Waals surface area contributed by atoms with Gasteiger partial charge in [0.15, 0.2) is 6.23 Å². The normalized spacial score (nSPS) is 24.1. The smallest absolute Gasteiger partial charge is 0.496 e. The van der Waals surface area contributed by atoms with E-state index >= 15 is 0 Å². The van der Waals surface area contributed by atoms with Crippen LogP contribution in [0.5, 0.6) is 5.75 Å². The average molecular weight is 566 g/mol. The van der Waals surface area contributed by atoms with Crippen LogP contribution in [0.2, 0.25) is 0 Å². The SMILES string of the molecule is COc1ccc(CS(N)(=O)=O)cc1CN[C@H]1[C@H]2CCN(C(OC(=O)O)C2)[C@H]1C(c1ccccc1)c1ccccc1. The van der Waals surface area contributed by atoms with Gasteiger partial charge in [0.05, 0.1) is 12.9 Å². The molecule has 3 saturated heterocycles. The van der Waals surface area contributed by atoms with Crippen molar-refractivity contribution in [2.75, 3.05) is 13.7 Å². The summed E-state index contributed by atoms with van der Waals surface area (Å²) in [5, 5.41) is 18.6. The zero-order valence-corrected chi connectivity index (χ0v) is 23.2. The number of piperidine rings is 3. The van der Waals surface area contributed by atoms with E-state index in [0.29, 0.717) is 24.3 Å². The van der Waals surface area contributed by atoms with Gasteiger partial charge in [-0.2, -0.15) is 0 Å². The maximum Gasteiger partial charge on any atom is 0.507 e. The number of carbonyl (C=O) groups is 1. The highest BCUT2D eigenvalue weighted by molar-refractivity contribution is 7.88. The number of carboxylic acid groups (broad SMARTS) is 1. The van der Waals surface area contributed by atoms with Crippen molar-refractivity contribution in [2.45, 2.75) is 49.4 Å². The molecule has 0 saturated carbocycles. The molecule has 3 aromatic carbocycles. The van der Waals surface area contributed by atoms with Crippen LogP contribution in [0.4, 0.5) is 4.79 Å². The predicted octanol–water partition coefficient (Wildman–Crippen LogP) is 3.89. The van der Waals surface area contributed by atoms with Crippen molar-refractivity contribution in [3.05, 3.63) is 101 Å². The maximum absolute atomic E-state index is 11.7. The van der Waals surface area contributed by atoms with E-state index in [2.05, 4.69) is 34.5 Å². The third kappa shape index (κ3) is 6.31. The van der Waals surface area contributed by atoms with Crippen LogP contribution in [0.15, 0.2) is 78.9 Å². The number of nitrogens with one attached hydrogen (secondary N) is 1. The monoisotopic (exact) mass is 565 g/mol. The summed E-state index contributed by atoms with van der Waals surface area (Å²) in [7, 11) is -2.10. The van der Waals surface area contributed by atoms with Gasteiger partial charge in [-0.05, 0) is 41.2 Å². The first kappa shape index (κ1) is 28.1. The number of hydrogen-bond donors (Lipinski definition) is 3. The van der Waals surface area contributed by atoms with E-state index in [1.807, 2.05) is 42.5 Å². The molecule has 3 heterocycles. The molecule has 4 N–H and O–H groups in total. The molecule has 3 fully saturated rings. The molecule has 10 heteroatoms. The van der Waals surface area contributed by atoms with E-state index in [9.17, 15) is 18.3 Å². The highest BCUT2D eigenvalue weighted by atomic mass is 32.2. The fraction of sp³-hybridized carbons (Fsp3) is 0.367. The van der Waals surface area contributed by atoms with Gasteiger partial charge in [-0.25, -0.2) is 18.4 Å². The second-order valence-electron chi connectivity index (χ2n) is 10.5. The number of sulfonamides is 1. The number of nitrogens with two attached hydrogens (primary N) is 1. The Kier molecular flexibility index (Phi) is 8.41. The molecule has 0 aromatic heterocycles. The zero-order valence-electron chi connectivity index (χ0n) is 22.3. The fourth-order valence-corrected chi connectivity index (χ4v) is 7.11. The van der Waals surface area contributed by atoms with E-state index < -0.39 is 22.4 Å². The number of ether oxygens (including phenoxy) is 2. The minimum absolute atomic E-state index is 0.000546. The standard InChI is InChI=1S/C30H35N3O6S/c1-38-25-13-12-20(19-40(31,36)37)16-24(25)18-32-28-23-14-15-33(26(17-23)39-30(34)35)29(28)27(21-8-4-2-5-9-21)22-10-6-3-7-11-22/h2-13,16,23,26-29,32H,14-15,17-19H2,1H3,(H,34,35)(H2,31,36,37)/t23-,26?,28-,29-/m0/s1. The second-order valence-corrected chi connectivity index (χ2v) is 12.1. The number of hydrogen-bond acceptors (Lipinski definition) is 7. The van der Waals surface area contributed by atoms with Gasteiger partial charge in [0, 0.05) is 43.1 Å². The first-order valence-electron chi connectivity index (χ1n) is 13.4. The van der Waals surface area contributed by atoms with Crippen LogP contribution < -0.4 is 15.2 Å². The van der Waals surface area contributed by atoms with Crippen molar-refractivity contribution in [2.24, 2.45) is 11.1 Å². The van der Waals surface area contributed by atoms with Gasteiger partial charge in [-0.15, -0.1) is 0 Å². The summed E-state index contributed by atoms with van der Waals surface area (Å²) in [5.41, 5.74) is 3.69. The predicted molar refractivity (Wildman–Crippen MR) is 151 cm³/mol. The highest BCUT2D eigenvalue weighted by Crippen LogP contribution is 2.45. The van der Waals surface area contributed by atoms with Crippen molar-refractivity contribution >= 4 is 16.2 Å². The Labute approximate surface area is 235 Å². The molecule has 3 aliphatic rings. The number of primary sulfonamides is 1. The van der Waals surface area contributed by atoms with Gasteiger partial charge in [0.2, 0.25) is 10.0 Å². The van der Waals surface area contributed by atoms with Crippen LogP contribution >= 0.6 is 0 Å². The lowest BCUT2D eigenvalue weighted by Gasteiger charge is -2.56. The van der Waals surface area contributed by atoms with Crippen LogP contribution in [0, 0.1) is 5.92 Å². The third-order valence-corrected chi connectivity index (χ3v) is 8.76. The highest BCUT2D eigenvalue weighted by Gasteiger charge is 2.51. The summed E-state index contributed by atoms with van der Waals surface area (Å²) in [5.74, 6) is 0.523. The van der Waals surface area contributed by atoms with Crippen LogP contribution in [0.3, 0.4) is 0 Å². The van der Waals surface area contributed by atoms with E-state index in [4.69, 9.17) is 14.6 Å². The van der Waals surface area contributed by atoms with Gasteiger partial charge in [-0.1, -0.05) is 66.7 Å². The first-order chi connectivity index (χ1) is 19.2. The van der Waals surface area contributed by atoms with Gasteiger partial charge < -0.3 is 19.9 Å². The van der Waals surface area contributed by atoms with Crippen LogP contribution in [0.25, 0.3) is 0 Å². The largest absolute Gasteiger partial charge is 0.507 e. The molecule has 0 radical (unpaired) electrons. The number of fused-ring (bicyclic) bond motifs is 3. The molecule has 6 rings (SSSR count). The lowest BCUT2D eigenvalue weighted by molar-refractivity contribution is -0.139. The van der Waals surface area contributed by atoms with Crippen molar-refractivity contribution in [1.82, 2.24) is 10.2 Å². The minimum Gasteiger partial charge on any atom is -0.496 e. The van der Waals surface area contributed by atoms with Crippen LogP contribution in [-0.2, 0) is 27.1 Å². The Morgan fingerprint density at radius 2 is 1.73 bits per heavy atom. The van der Waals surface area contributed by atoms with Crippen molar-refractivity contribution in [3.8, 4) is 5.75 Å². The molecule has 2 bridgehead atoms. The zero-order chi connectivity index (χ0) is 28.3. The molecule has 5 atom stereocenters. The van der Waals surface area contributed by atoms with Crippen molar-refractivity contribution in [1.29, 1.82) is 0 Å². The van der Waals surface area contributed by atoms with Crippen molar-refractivity contribution < 1.29 is 27.8 Å². The summed E-state index contributed by atoms with van der Waals surface area (Å²) in [6.07, 6.45) is -0.290. The summed E-state index contributed by atoms with van der Waals surface area (Å²) in [4.78, 5) is 13.8. The third-order valence-electron chi connectivity index (χ3n) is 8.03. The van der Waals surface area contributed by atoms with Gasteiger partial charge in [0.25, 0.3) is 0 Å². The number of nitrogens with zero attached hydrogens (tertiary/aromatic N) is 1. The molecular weight excluding hydrogens is 530 g/mol. The first-order valence-corrected chi connectivity index (χ1v) is 15.1. The minimum atomic E-state index is -3.68. The summed E-state index contributed by atoms with van der Waals surface area (Å²) in [6, 6.07) is 25.7. The Balaban J connectivity index is 1.52. The Hall–Kier alpha value is -3.44. The van der Waals surface area contributed by atoms with Gasteiger partial charge in [0.1, 0.15) is 5.75 Å². The molecule has 9 nitrogen and oxygen atoms in total. The summed E-state index contributed by atoms with van der Waals surface area (Å²) >= 11 is 0. The molecule has 212 valence electrons. The molecule has 0 spiro atoms. The van der Waals surface area contributed by atoms with E-state index in [0.717, 1.165) is 29.7 Å². The number of methoxy groups -OCH3 is 1. The maximum atomic E-state index is 11.7. The molecule has 3 aromatic rings. The van der Waals surface area contributed by atoms with E-state index in [1.165, 1.54) is 0 Å². The Morgan fingerprint density at radius 3 is 2.30 bits per heavy atom.